The van der Waals surface area contributed by atoms with Crippen molar-refractivity contribution in [2.24, 2.45) is 5.73 Å². The first kappa shape index (κ1) is 7.70. The molecule has 1 saturated heterocycles. The summed E-state index contributed by atoms with van der Waals surface area (Å²) in [5, 5.41) is 6.79. The van der Waals surface area contributed by atoms with E-state index < -0.39 is 0 Å². The predicted molar refractivity (Wildman–Crippen MR) is 42.2 cm³/mol. The SMILES string of the molecule is NCc1nc([C@@H]2CCCO2)n[nH]1. The van der Waals surface area contributed by atoms with Gasteiger partial charge in [0.05, 0.1) is 6.54 Å². The van der Waals surface area contributed by atoms with Gasteiger partial charge in [-0.3, -0.25) is 5.10 Å². The number of hydrogen-bond acceptors (Lipinski definition) is 4. The van der Waals surface area contributed by atoms with Crippen LogP contribution in [0.5, 0.6) is 0 Å². The lowest BCUT2D eigenvalue weighted by Gasteiger charge is -2.01. The third kappa shape index (κ3) is 1.33. The lowest BCUT2D eigenvalue weighted by Crippen LogP contribution is -2.00. The lowest BCUT2D eigenvalue weighted by atomic mass is 10.2. The number of aromatic nitrogens is 3. The van der Waals surface area contributed by atoms with Crippen molar-refractivity contribution in [3.8, 4) is 0 Å². The van der Waals surface area contributed by atoms with Crippen molar-refractivity contribution >= 4 is 0 Å². The van der Waals surface area contributed by atoms with Gasteiger partial charge in [0, 0.05) is 6.61 Å². The highest BCUT2D eigenvalue weighted by molar-refractivity contribution is 4.95. The minimum absolute atomic E-state index is 0.0848. The van der Waals surface area contributed by atoms with Gasteiger partial charge >= 0.3 is 0 Å². The van der Waals surface area contributed by atoms with Crippen LogP contribution in [-0.2, 0) is 11.3 Å². The van der Waals surface area contributed by atoms with E-state index in [1.165, 1.54) is 0 Å². The first-order valence-corrected chi connectivity index (χ1v) is 4.13. The molecule has 0 aromatic carbocycles. The number of aromatic amines is 1. The number of H-pyrrole nitrogens is 1. The summed E-state index contributed by atoms with van der Waals surface area (Å²) in [6.07, 6.45) is 2.19. The van der Waals surface area contributed by atoms with Gasteiger partial charge in [0.25, 0.3) is 0 Å². The van der Waals surface area contributed by atoms with Gasteiger partial charge in [-0.1, -0.05) is 0 Å². The Morgan fingerprint density at radius 2 is 2.58 bits per heavy atom. The van der Waals surface area contributed by atoms with E-state index in [4.69, 9.17) is 10.5 Å². The van der Waals surface area contributed by atoms with E-state index >= 15 is 0 Å². The van der Waals surface area contributed by atoms with Gasteiger partial charge in [-0.15, -0.1) is 0 Å². The number of nitrogens with one attached hydrogen (secondary N) is 1. The van der Waals surface area contributed by atoms with E-state index in [0.29, 0.717) is 6.54 Å². The summed E-state index contributed by atoms with van der Waals surface area (Å²) >= 11 is 0. The van der Waals surface area contributed by atoms with E-state index in [9.17, 15) is 0 Å². The highest BCUT2D eigenvalue weighted by atomic mass is 16.5. The summed E-state index contributed by atoms with van der Waals surface area (Å²) in [4.78, 5) is 4.19. The van der Waals surface area contributed by atoms with Gasteiger partial charge in [0.15, 0.2) is 5.82 Å². The normalized spacial score (nSPS) is 23.2. The molecule has 0 saturated carbocycles. The molecule has 1 aromatic rings. The van der Waals surface area contributed by atoms with Crippen molar-refractivity contribution in [1.29, 1.82) is 0 Å². The van der Waals surface area contributed by atoms with E-state index in [0.717, 1.165) is 31.1 Å². The maximum atomic E-state index is 5.41. The maximum absolute atomic E-state index is 5.41. The van der Waals surface area contributed by atoms with Crippen LogP contribution in [0, 0.1) is 0 Å². The van der Waals surface area contributed by atoms with E-state index in [2.05, 4.69) is 15.2 Å². The Labute approximate surface area is 70.3 Å². The molecule has 0 amide bonds. The molecule has 1 aliphatic rings. The molecule has 2 rings (SSSR count). The summed E-state index contributed by atoms with van der Waals surface area (Å²) in [5.41, 5.74) is 5.39. The molecule has 1 fully saturated rings. The third-order valence-electron chi connectivity index (χ3n) is 1.96. The molecule has 1 atom stereocenters. The first-order chi connectivity index (χ1) is 5.90. The second kappa shape index (κ2) is 3.20. The Morgan fingerprint density at radius 1 is 1.67 bits per heavy atom. The van der Waals surface area contributed by atoms with Gasteiger partial charge in [-0.05, 0) is 12.8 Å². The smallest absolute Gasteiger partial charge is 0.179 e. The zero-order valence-electron chi connectivity index (χ0n) is 6.79. The number of hydrogen-bond donors (Lipinski definition) is 2. The van der Waals surface area contributed by atoms with Gasteiger partial charge < -0.3 is 10.5 Å². The minimum Gasteiger partial charge on any atom is -0.370 e. The highest BCUT2D eigenvalue weighted by Gasteiger charge is 2.21. The minimum atomic E-state index is 0.0848. The monoisotopic (exact) mass is 168 g/mol. The molecule has 66 valence electrons. The first-order valence-electron chi connectivity index (χ1n) is 4.13. The average molecular weight is 168 g/mol. The lowest BCUT2D eigenvalue weighted by molar-refractivity contribution is 0.105. The molecule has 0 radical (unpaired) electrons. The topological polar surface area (TPSA) is 76.8 Å². The number of nitrogens with zero attached hydrogens (tertiary/aromatic N) is 2. The molecule has 1 aliphatic heterocycles. The summed E-state index contributed by atoms with van der Waals surface area (Å²) < 4.78 is 5.41. The molecule has 0 aliphatic carbocycles. The predicted octanol–water partition coefficient (Wildman–Crippen LogP) is 0.115. The van der Waals surface area contributed by atoms with Gasteiger partial charge in [0.2, 0.25) is 0 Å². The molecule has 12 heavy (non-hydrogen) atoms. The van der Waals surface area contributed by atoms with Crippen LogP contribution in [-0.4, -0.2) is 21.8 Å². The fraction of sp³-hybridized carbons (Fsp3) is 0.714. The summed E-state index contributed by atoms with van der Waals surface area (Å²) in [7, 11) is 0. The largest absolute Gasteiger partial charge is 0.370 e. The maximum Gasteiger partial charge on any atom is 0.179 e. The summed E-state index contributed by atoms with van der Waals surface area (Å²) in [5.74, 6) is 1.47. The third-order valence-corrected chi connectivity index (χ3v) is 1.96. The van der Waals surface area contributed by atoms with Crippen LogP contribution in [0.15, 0.2) is 0 Å². The number of nitrogens with two attached hydrogens (primary N) is 1. The van der Waals surface area contributed by atoms with Crippen molar-refractivity contribution < 1.29 is 4.74 Å². The van der Waals surface area contributed by atoms with Crippen molar-refractivity contribution in [3.05, 3.63) is 11.6 Å². The Kier molecular flexibility index (Phi) is 2.05. The highest BCUT2D eigenvalue weighted by Crippen LogP contribution is 2.25. The van der Waals surface area contributed by atoms with Gasteiger partial charge in [0.1, 0.15) is 11.9 Å². The van der Waals surface area contributed by atoms with Crippen molar-refractivity contribution in [2.45, 2.75) is 25.5 Å². The van der Waals surface area contributed by atoms with E-state index in [1.54, 1.807) is 0 Å². The fourth-order valence-corrected chi connectivity index (χ4v) is 1.33. The molecule has 1 aromatic heterocycles. The Balaban J connectivity index is 2.11. The second-order valence-corrected chi connectivity index (χ2v) is 2.85. The Hall–Kier alpha value is -0.940. The molecular weight excluding hydrogens is 156 g/mol. The van der Waals surface area contributed by atoms with Crippen LogP contribution in [0.2, 0.25) is 0 Å². The molecule has 5 heteroatoms. The van der Waals surface area contributed by atoms with Gasteiger partial charge in [-0.25, -0.2) is 4.98 Å². The van der Waals surface area contributed by atoms with Crippen LogP contribution in [0.3, 0.4) is 0 Å². The average Bonchev–Trinajstić information content (AvgIpc) is 2.75. The standard InChI is InChI=1S/C7H12N4O/c8-4-6-9-7(11-10-6)5-2-1-3-12-5/h5H,1-4,8H2,(H,9,10,11)/t5-/m0/s1. The number of rotatable bonds is 2. The molecular formula is C7H12N4O. The molecule has 3 N–H and O–H groups in total. The molecule has 0 spiro atoms. The summed E-state index contributed by atoms with van der Waals surface area (Å²) in [6, 6.07) is 0. The van der Waals surface area contributed by atoms with Gasteiger partial charge in [-0.2, -0.15) is 5.10 Å². The van der Waals surface area contributed by atoms with Crippen LogP contribution in [0.4, 0.5) is 0 Å². The molecule has 5 nitrogen and oxygen atoms in total. The van der Waals surface area contributed by atoms with Crippen LogP contribution < -0.4 is 5.73 Å². The molecule has 0 unspecified atom stereocenters. The Morgan fingerprint density at radius 3 is 3.17 bits per heavy atom. The summed E-state index contributed by atoms with van der Waals surface area (Å²) in [6.45, 7) is 1.22. The zero-order chi connectivity index (χ0) is 8.39. The van der Waals surface area contributed by atoms with Crippen LogP contribution in [0.1, 0.15) is 30.6 Å². The van der Waals surface area contributed by atoms with E-state index in [1.807, 2.05) is 0 Å². The molecule has 0 bridgehead atoms. The van der Waals surface area contributed by atoms with Crippen molar-refractivity contribution in [3.63, 3.8) is 0 Å². The number of ether oxygens (including phenoxy) is 1. The quantitative estimate of drug-likeness (QED) is 0.657. The van der Waals surface area contributed by atoms with Crippen molar-refractivity contribution in [2.75, 3.05) is 6.61 Å². The fourth-order valence-electron chi connectivity index (χ4n) is 1.33. The zero-order valence-corrected chi connectivity index (χ0v) is 6.79. The Bertz CT molecular complexity index is 254. The van der Waals surface area contributed by atoms with Crippen LogP contribution >= 0.6 is 0 Å². The van der Waals surface area contributed by atoms with Crippen molar-refractivity contribution in [1.82, 2.24) is 15.2 Å². The second-order valence-electron chi connectivity index (χ2n) is 2.85. The van der Waals surface area contributed by atoms with E-state index in [-0.39, 0.29) is 6.10 Å². The van der Waals surface area contributed by atoms with Crippen LogP contribution in [0.25, 0.3) is 0 Å². The molecule has 2 heterocycles.